The second-order valence-corrected chi connectivity index (χ2v) is 7.12. The van der Waals surface area contributed by atoms with Crippen LogP contribution in [0.15, 0.2) is 60.2 Å². The van der Waals surface area contributed by atoms with Gasteiger partial charge in [-0.3, -0.25) is 4.98 Å². The van der Waals surface area contributed by atoms with Crippen LogP contribution in [0.5, 0.6) is 5.75 Å². The van der Waals surface area contributed by atoms with Crippen LogP contribution in [-0.4, -0.2) is 37.6 Å². The zero-order chi connectivity index (χ0) is 18.1. The molecule has 0 aliphatic heterocycles. The highest BCUT2D eigenvalue weighted by atomic mass is 16.5. The highest BCUT2D eigenvalue weighted by Crippen LogP contribution is 2.38. The Morgan fingerprint density at radius 3 is 2.65 bits per heavy atom. The number of para-hydroxylation sites is 1. The lowest BCUT2D eigenvalue weighted by Gasteiger charge is -2.26. The van der Waals surface area contributed by atoms with E-state index >= 15 is 0 Å². The molecule has 0 saturated carbocycles. The van der Waals surface area contributed by atoms with Crippen molar-refractivity contribution in [1.29, 1.82) is 0 Å². The Bertz CT molecular complexity index is 988. The monoisotopic (exact) mass is 344 g/mol. The number of fused-ring (bicyclic) bond motifs is 2. The van der Waals surface area contributed by atoms with Crippen molar-refractivity contribution < 1.29 is 4.74 Å². The van der Waals surface area contributed by atoms with Gasteiger partial charge >= 0.3 is 0 Å². The molecule has 3 nitrogen and oxygen atoms in total. The number of nitrogens with zero attached hydrogens (tertiary/aromatic N) is 2. The molecule has 0 radical (unpaired) electrons. The standard InChI is InChI=1S/C23H24N2O/c1-25(2)15-18-11-12-22-20(14-16-7-4-5-10-21(16)24-22)23(18)17-8-6-9-19(13-17)26-3/h4-10,13-14H,11-12,15H2,1-3H3. The third-order valence-electron chi connectivity index (χ3n) is 4.95. The summed E-state index contributed by atoms with van der Waals surface area (Å²) in [6, 6.07) is 19.1. The predicted octanol–water partition coefficient (Wildman–Crippen LogP) is 4.55. The maximum Gasteiger partial charge on any atom is 0.119 e. The fourth-order valence-corrected chi connectivity index (χ4v) is 3.83. The molecular weight excluding hydrogens is 320 g/mol. The molecule has 1 heterocycles. The number of hydrogen-bond acceptors (Lipinski definition) is 3. The number of ether oxygens (including phenoxy) is 1. The van der Waals surface area contributed by atoms with Gasteiger partial charge in [0.25, 0.3) is 0 Å². The number of pyridine rings is 1. The summed E-state index contributed by atoms with van der Waals surface area (Å²) in [5, 5.41) is 1.19. The predicted molar refractivity (Wildman–Crippen MR) is 108 cm³/mol. The van der Waals surface area contributed by atoms with Crippen LogP contribution in [0.2, 0.25) is 0 Å². The first-order chi connectivity index (χ1) is 12.7. The second kappa shape index (κ2) is 6.93. The Morgan fingerprint density at radius 2 is 1.85 bits per heavy atom. The average molecular weight is 344 g/mol. The van der Waals surface area contributed by atoms with Crippen molar-refractivity contribution in [3.63, 3.8) is 0 Å². The van der Waals surface area contributed by atoms with Gasteiger partial charge < -0.3 is 9.64 Å². The Kier molecular flexibility index (Phi) is 4.48. The first kappa shape index (κ1) is 16.8. The zero-order valence-electron chi connectivity index (χ0n) is 15.6. The summed E-state index contributed by atoms with van der Waals surface area (Å²) in [5.74, 6) is 0.889. The highest BCUT2D eigenvalue weighted by Gasteiger charge is 2.22. The van der Waals surface area contributed by atoms with Crippen molar-refractivity contribution in [3.8, 4) is 5.75 Å². The molecule has 4 rings (SSSR count). The van der Waals surface area contributed by atoms with Gasteiger partial charge in [0.1, 0.15) is 5.75 Å². The van der Waals surface area contributed by atoms with E-state index in [0.29, 0.717) is 0 Å². The van der Waals surface area contributed by atoms with Crippen LogP contribution in [0.4, 0.5) is 0 Å². The van der Waals surface area contributed by atoms with Gasteiger partial charge in [0, 0.05) is 23.2 Å². The molecule has 1 aromatic heterocycles. The maximum atomic E-state index is 5.47. The molecule has 3 heteroatoms. The molecule has 3 aromatic rings. The summed E-state index contributed by atoms with van der Waals surface area (Å²) >= 11 is 0. The number of benzene rings is 2. The quantitative estimate of drug-likeness (QED) is 0.694. The first-order valence-corrected chi connectivity index (χ1v) is 9.06. The van der Waals surface area contributed by atoms with E-state index in [2.05, 4.69) is 67.5 Å². The largest absolute Gasteiger partial charge is 0.497 e. The minimum atomic E-state index is 0.889. The molecule has 0 atom stereocenters. The molecule has 0 saturated heterocycles. The number of hydrogen-bond donors (Lipinski definition) is 0. The van der Waals surface area contributed by atoms with E-state index in [1.54, 1.807) is 7.11 Å². The van der Waals surface area contributed by atoms with Gasteiger partial charge in [0.05, 0.1) is 12.6 Å². The second-order valence-electron chi connectivity index (χ2n) is 7.12. The van der Waals surface area contributed by atoms with E-state index in [0.717, 1.165) is 30.7 Å². The van der Waals surface area contributed by atoms with Crippen LogP contribution in [0, 0.1) is 0 Å². The van der Waals surface area contributed by atoms with E-state index in [9.17, 15) is 0 Å². The molecule has 26 heavy (non-hydrogen) atoms. The van der Waals surface area contributed by atoms with Gasteiger partial charge in [-0.1, -0.05) is 30.3 Å². The van der Waals surface area contributed by atoms with Crippen LogP contribution in [-0.2, 0) is 6.42 Å². The zero-order valence-corrected chi connectivity index (χ0v) is 15.6. The minimum Gasteiger partial charge on any atom is -0.497 e. The molecule has 0 N–H and O–H groups in total. The Labute approximate surface area is 154 Å². The van der Waals surface area contributed by atoms with Crippen LogP contribution in [0.1, 0.15) is 23.2 Å². The Hall–Kier alpha value is -2.65. The van der Waals surface area contributed by atoms with Crippen molar-refractivity contribution in [2.45, 2.75) is 12.8 Å². The number of rotatable bonds is 4. The lowest BCUT2D eigenvalue weighted by atomic mass is 9.83. The summed E-state index contributed by atoms with van der Waals surface area (Å²) in [4.78, 5) is 7.21. The number of likely N-dealkylation sites (N-methyl/N-ethyl adjacent to an activating group) is 1. The molecule has 0 amide bonds. The van der Waals surface area contributed by atoms with E-state index < -0.39 is 0 Å². The smallest absolute Gasteiger partial charge is 0.119 e. The first-order valence-electron chi connectivity index (χ1n) is 9.06. The molecule has 2 aromatic carbocycles. The molecule has 1 aliphatic rings. The lowest BCUT2D eigenvalue weighted by Crippen LogP contribution is -2.20. The molecule has 0 fully saturated rings. The van der Waals surface area contributed by atoms with Crippen molar-refractivity contribution in [1.82, 2.24) is 9.88 Å². The van der Waals surface area contributed by atoms with E-state index in [1.807, 2.05) is 6.07 Å². The molecule has 0 bridgehead atoms. The van der Waals surface area contributed by atoms with Crippen LogP contribution < -0.4 is 4.74 Å². The van der Waals surface area contributed by atoms with Gasteiger partial charge in [0.15, 0.2) is 0 Å². The van der Waals surface area contributed by atoms with Crippen LogP contribution in [0.3, 0.4) is 0 Å². The van der Waals surface area contributed by atoms with Crippen molar-refractivity contribution >= 4 is 16.5 Å². The van der Waals surface area contributed by atoms with Crippen molar-refractivity contribution in [3.05, 3.63) is 77.0 Å². The Morgan fingerprint density at radius 1 is 1.00 bits per heavy atom. The van der Waals surface area contributed by atoms with Crippen molar-refractivity contribution in [2.24, 2.45) is 0 Å². The topological polar surface area (TPSA) is 25.4 Å². The molecule has 0 spiro atoms. The molecular formula is C23H24N2O. The number of methoxy groups -OCH3 is 1. The minimum absolute atomic E-state index is 0.889. The van der Waals surface area contributed by atoms with Crippen LogP contribution in [0.25, 0.3) is 16.5 Å². The van der Waals surface area contributed by atoms with Gasteiger partial charge in [-0.05, 0) is 67.9 Å². The fourth-order valence-electron chi connectivity index (χ4n) is 3.83. The van der Waals surface area contributed by atoms with E-state index in [4.69, 9.17) is 9.72 Å². The highest BCUT2D eigenvalue weighted by molar-refractivity contribution is 5.90. The van der Waals surface area contributed by atoms with Gasteiger partial charge in [-0.25, -0.2) is 0 Å². The summed E-state index contributed by atoms with van der Waals surface area (Å²) in [6.07, 6.45) is 2.04. The van der Waals surface area contributed by atoms with Crippen molar-refractivity contribution in [2.75, 3.05) is 27.7 Å². The normalized spacial score (nSPS) is 14.0. The van der Waals surface area contributed by atoms with Crippen LogP contribution >= 0.6 is 0 Å². The Balaban J connectivity index is 1.95. The SMILES string of the molecule is COc1cccc(C2=C(CN(C)C)CCc3nc4ccccc4cc32)c1. The average Bonchev–Trinajstić information content (AvgIpc) is 2.66. The molecule has 132 valence electrons. The van der Waals surface area contributed by atoms with E-state index in [1.165, 1.54) is 33.4 Å². The number of aromatic nitrogens is 1. The summed E-state index contributed by atoms with van der Waals surface area (Å²) in [5.41, 5.74) is 7.53. The number of aryl methyl sites for hydroxylation is 1. The third kappa shape index (κ3) is 3.11. The summed E-state index contributed by atoms with van der Waals surface area (Å²) in [6.45, 7) is 0.957. The summed E-state index contributed by atoms with van der Waals surface area (Å²) in [7, 11) is 5.98. The van der Waals surface area contributed by atoms with Gasteiger partial charge in [-0.15, -0.1) is 0 Å². The maximum absolute atomic E-state index is 5.47. The fraction of sp³-hybridized carbons (Fsp3) is 0.261. The van der Waals surface area contributed by atoms with Gasteiger partial charge in [-0.2, -0.15) is 0 Å². The molecule has 0 unspecified atom stereocenters. The van der Waals surface area contributed by atoms with E-state index in [-0.39, 0.29) is 0 Å². The summed E-state index contributed by atoms with van der Waals surface area (Å²) < 4.78 is 5.47. The lowest BCUT2D eigenvalue weighted by molar-refractivity contribution is 0.414. The molecule has 1 aliphatic carbocycles. The third-order valence-corrected chi connectivity index (χ3v) is 4.95. The van der Waals surface area contributed by atoms with Gasteiger partial charge in [0.2, 0.25) is 0 Å².